The summed E-state index contributed by atoms with van der Waals surface area (Å²) < 4.78 is 6.40. The first-order chi connectivity index (χ1) is 11.0. The van der Waals surface area contributed by atoms with Gasteiger partial charge < -0.3 is 14.9 Å². The molecule has 0 aliphatic carbocycles. The van der Waals surface area contributed by atoms with E-state index in [1.54, 1.807) is 19.1 Å². The first kappa shape index (κ1) is 16.8. The van der Waals surface area contributed by atoms with Crippen molar-refractivity contribution in [2.45, 2.75) is 13.0 Å². The van der Waals surface area contributed by atoms with Crippen molar-refractivity contribution in [1.29, 1.82) is 0 Å². The molecule has 0 aliphatic heterocycles. The van der Waals surface area contributed by atoms with Crippen LogP contribution >= 0.6 is 15.9 Å². The number of aromatic hydroxyl groups is 2. The van der Waals surface area contributed by atoms with Crippen LogP contribution in [0.4, 0.5) is 0 Å². The number of hydrogen-bond donors (Lipinski definition) is 3. The summed E-state index contributed by atoms with van der Waals surface area (Å²) >= 11 is 3.32. The van der Waals surface area contributed by atoms with Gasteiger partial charge in [-0.3, -0.25) is 4.79 Å². The summed E-state index contributed by atoms with van der Waals surface area (Å²) in [5.41, 5.74) is 2.69. The van der Waals surface area contributed by atoms with Crippen LogP contribution in [0.25, 0.3) is 0 Å². The molecule has 2 aromatic carbocycles. The zero-order valence-electron chi connectivity index (χ0n) is 12.2. The summed E-state index contributed by atoms with van der Waals surface area (Å²) in [7, 11) is 0. The summed E-state index contributed by atoms with van der Waals surface area (Å²) in [6, 6.07) is 11.2. The number of ether oxygens (including phenoxy) is 1. The fourth-order valence-corrected chi connectivity index (χ4v) is 1.93. The van der Waals surface area contributed by atoms with E-state index in [-0.39, 0.29) is 11.5 Å². The molecule has 3 N–H and O–H groups in total. The number of amides is 1. The number of phenols is 2. The van der Waals surface area contributed by atoms with Crippen LogP contribution in [0.3, 0.4) is 0 Å². The Hall–Kier alpha value is -2.54. The second-order valence-electron chi connectivity index (χ2n) is 4.69. The molecule has 2 rings (SSSR count). The Kier molecular flexibility index (Phi) is 5.59. The molecule has 1 amide bonds. The summed E-state index contributed by atoms with van der Waals surface area (Å²) in [6.07, 6.45) is 0.542. The predicted molar refractivity (Wildman–Crippen MR) is 89.7 cm³/mol. The number of halogens is 1. The molecule has 0 fully saturated rings. The van der Waals surface area contributed by atoms with E-state index in [0.717, 1.165) is 4.47 Å². The van der Waals surface area contributed by atoms with Crippen molar-refractivity contribution >= 4 is 28.1 Å². The number of benzene rings is 2. The standard InChI is InChI=1S/C16H15BrN2O4/c1-10(23-14-6-3-12(17)4-7-14)16(22)19-18-9-11-2-5-13(20)8-15(11)21/h2-10,20-21H,1H3,(H,19,22)/b18-9-/t10-/m0/s1. The summed E-state index contributed by atoms with van der Waals surface area (Å²) in [4.78, 5) is 11.9. The highest BCUT2D eigenvalue weighted by Crippen LogP contribution is 2.20. The maximum atomic E-state index is 11.9. The fourth-order valence-electron chi connectivity index (χ4n) is 1.67. The molecule has 0 spiro atoms. The van der Waals surface area contributed by atoms with Crippen LogP contribution < -0.4 is 10.2 Å². The molecule has 7 heteroatoms. The molecule has 2 aromatic rings. The molecule has 0 unspecified atom stereocenters. The minimum atomic E-state index is -0.734. The molecular formula is C16H15BrN2O4. The van der Waals surface area contributed by atoms with Crippen molar-refractivity contribution in [1.82, 2.24) is 5.43 Å². The first-order valence-corrected chi connectivity index (χ1v) is 7.52. The molecule has 0 radical (unpaired) electrons. The Labute approximate surface area is 141 Å². The summed E-state index contributed by atoms with van der Waals surface area (Å²) in [5.74, 6) is -0.0548. The van der Waals surface area contributed by atoms with Gasteiger partial charge in [-0.15, -0.1) is 0 Å². The van der Waals surface area contributed by atoms with Gasteiger partial charge in [-0.2, -0.15) is 5.10 Å². The lowest BCUT2D eigenvalue weighted by atomic mass is 10.2. The van der Waals surface area contributed by atoms with Crippen LogP contribution in [0.1, 0.15) is 12.5 Å². The highest BCUT2D eigenvalue weighted by atomic mass is 79.9. The summed E-state index contributed by atoms with van der Waals surface area (Å²) in [5, 5.41) is 22.5. The lowest BCUT2D eigenvalue weighted by Crippen LogP contribution is -2.33. The Bertz CT molecular complexity index is 717. The van der Waals surface area contributed by atoms with Gasteiger partial charge in [-0.25, -0.2) is 5.43 Å². The number of carbonyl (C=O) groups excluding carboxylic acids is 1. The Morgan fingerprint density at radius 1 is 1.26 bits per heavy atom. The SMILES string of the molecule is C[C@H](Oc1ccc(Br)cc1)C(=O)N/N=C\c1ccc(O)cc1O. The van der Waals surface area contributed by atoms with Gasteiger partial charge in [-0.05, 0) is 43.3 Å². The minimum Gasteiger partial charge on any atom is -0.508 e. The van der Waals surface area contributed by atoms with E-state index in [9.17, 15) is 15.0 Å². The number of rotatable bonds is 5. The van der Waals surface area contributed by atoms with Crippen molar-refractivity contribution in [2.75, 3.05) is 0 Å². The third-order valence-corrected chi connectivity index (χ3v) is 3.42. The van der Waals surface area contributed by atoms with Gasteiger partial charge in [0.2, 0.25) is 0 Å². The van der Waals surface area contributed by atoms with E-state index in [2.05, 4.69) is 26.5 Å². The zero-order chi connectivity index (χ0) is 16.8. The quantitative estimate of drug-likeness (QED) is 0.550. The molecular weight excluding hydrogens is 364 g/mol. The third-order valence-electron chi connectivity index (χ3n) is 2.89. The van der Waals surface area contributed by atoms with E-state index < -0.39 is 12.0 Å². The average Bonchev–Trinajstić information content (AvgIpc) is 2.51. The Morgan fingerprint density at radius 3 is 2.61 bits per heavy atom. The fraction of sp³-hybridized carbons (Fsp3) is 0.125. The van der Waals surface area contributed by atoms with Gasteiger partial charge in [0, 0.05) is 16.1 Å². The van der Waals surface area contributed by atoms with Crippen molar-refractivity contribution in [3.63, 3.8) is 0 Å². The normalized spacial score (nSPS) is 12.1. The van der Waals surface area contributed by atoms with Gasteiger partial charge in [0.25, 0.3) is 5.91 Å². The smallest absolute Gasteiger partial charge is 0.280 e. The van der Waals surface area contributed by atoms with E-state index in [4.69, 9.17) is 4.74 Å². The van der Waals surface area contributed by atoms with Crippen LogP contribution in [0, 0.1) is 0 Å². The molecule has 6 nitrogen and oxygen atoms in total. The molecule has 0 saturated carbocycles. The highest BCUT2D eigenvalue weighted by Gasteiger charge is 2.13. The maximum Gasteiger partial charge on any atom is 0.280 e. The number of hydrogen-bond acceptors (Lipinski definition) is 5. The lowest BCUT2D eigenvalue weighted by molar-refractivity contribution is -0.127. The highest BCUT2D eigenvalue weighted by molar-refractivity contribution is 9.10. The van der Waals surface area contributed by atoms with Crippen LogP contribution in [-0.2, 0) is 4.79 Å². The van der Waals surface area contributed by atoms with Gasteiger partial charge in [0.05, 0.1) is 6.21 Å². The molecule has 1 atom stereocenters. The van der Waals surface area contributed by atoms with E-state index in [0.29, 0.717) is 11.3 Å². The largest absolute Gasteiger partial charge is 0.508 e. The van der Waals surface area contributed by atoms with Crippen LogP contribution in [0.2, 0.25) is 0 Å². The van der Waals surface area contributed by atoms with E-state index in [1.165, 1.54) is 24.4 Å². The minimum absolute atomic E-state index is 0.0554. The van der Waals surface area contributed by atoms with Gasteiger partial charge >= 0.3 is 0 Å². The Morgan fingerprint density at radius 2 is 1.96 bits per heavy atom. The Balaban J connectivity index is 1.90. The van der Waals surface area contributed by atoms with E-state index in [1.807, 2.05) is 12.1 Å². The first-order valence-electron chi connectivity index (χ1n) is 6.73. The van der Waals surface area contributed by atoms with Crippen molar-refractivity contribution < 1.29 is 19.7 Å². The van der Waals surface area contributed by atoms with Gasteiger partial charge in [0.1, 0.15) is 17.2 Å². The number of nitrogens with zero attached hydrogens (tertiary/aromatic N) is 1. The molecule has 0 heterocycles. The van der Waals surface area contributed by atoms with Crippen LogP contribution in [0.15, 0.2) is 52.0 Å². The molecule has 0 aliphatic rings. The maximum absolute atomic E-state index is 11.9. The van der Waals surface area contributed by atoms with Crippen LogP contribution in [0.5, 0.6) is 17.2 Å². The van der Waals surface area contributed by atoms with Crippen molar-refractivity contribution in [2.24, 2.45) is 5.10 Å². The molecule has 120 valence electrons. The molecule has 23 heavy (non-hydrogen) atoms. The molecule has 0 saturated heterocycles. The zero-order valence-corrected chi connectivity index (χ0v) is 13.8. The lowest BCUT2D eigenvalue weighted by Gasteiger charge is -2.12. The second-order valence-corrected chi connectivity index (χ2v) is 5.61. The molecule has 0 aromatic heterocycles. The second kappa shape index (κ2) is 7.64. The number of nitrogens with one attached hydrogen (secondary N) is 1. The van der Waals surface area contributed by atoms with Gasteiger partial charge in [0.15, 0.2) is 6.10 Å². The third kappa shape index (κ3) is 5.00. The topological polar surface area (TPSA) is 91.2 Å². The monoisotopic (exact) mass is 378 g/mol. The van der Waals surface area contributed by atoms with Gasteiger partial charge in [-0.1, -0.05) is 15.9 Å². The van der Waals surface area contributed by atoms with Crippen molar-refractivity contribution in [3.05, 3.63) is 52.5 Å². The molecule has 0 bridgehead atoms. The number of carbonyl (C=O) groups is 1. The number of phenolic OH excluding ortho intramolecular Hbond substituents is 2. The number of hydrazone groups is 1. The van der Waals surface area contributed by atoms with Crippen LogP contribution in [-0.4, -0.2) is 28.4 Å². The summed E-state index contributed by atoms with van der Waals surface area (Å²) in [6.45, 7) is 1.60. The predicted octanol–water partition coefficient (Wildman–Crippen LogP) is 2.78. The average molecular weight is 379 g/mol. The van der Waals surface area contributed by atoms with Crippen molar-refractivity contribution in [3.8, 4) is 17.2 Å². The van der Waals surface area contributed by atoms with E-state index >= 15 is 0 Å².